The highest BCUT2D eigenvalue weighted by atomic mass is 16.5. The van der Waals surface area contributed by atoms with Crippen LogP contribution in [0, 0.1) is 11.8 Å². The Hall–Kier alpha value is -0.0800. The molecule has 0 aromatic carbocycles. The maximum Gasteiger partial charge on any atom is 0.0626 e. The molecule has 3 atom stereocenters. The lowest BCUT2D eigenvalue weighted by atomic mass is 9.83. The fraction of sp³-hybridized carbons (Fsp3) is 1.00. The van der Waals surface area contributed by atoms with Crippen LogP contribution in [0.15, 0.2) is 0 Å². The molecule has 1 fully saturated rings. The molecule has 1 aliphatic rings. The Morgan fingerprint density at radius 1 is 1.29 bits per heavy atom. The van der Waals surface area contributed by atoms with Crippen molar-refractivity contribution in [2.75, 3.05) is 6.61 Å². The van der Waals surface area contributed by atoms with Crippen molar-refractivity contribution in [1.29, 1.82) is 0 Å². The van der Waals surface area contributed by atoms with E-state index in [4.69, 9.17) is 4.74 Å². The van der Waals surface area contributed by atoms with E-state index in [1.807, 2.05) is 0 Å². The van der Waals surface area contributed by atoms with E-state index >= 15 is 0 Å². The molecule has 2 heteroatoms. The SMILES string of the molecule is CCC(CC)C(O)C1CCOC1CC. The first-order valence-electron chi connectivity index (χ1n) is 6.04. The van der Waals surface area contributed by atoms with Crippen LogP contribution in [0.4, 0.5) is 0 Å². The number of hydrogen-bond acceptors (Lipinski definition) is 2. The monoisotopic (exact) mass is 200 g/mol. The van der Waals surface area contributed by atoms with Crippen molar-refractivity contribution < 1.29 is 9.84 Å². The Bertz CT molecular complexity index is 154. The fourth-order valence-corrected chi connectivity index (χ4v) is 2.60. The van der Waals surface area contributed by atoms with Crippen LogP contribution < -0.4 is 0 Å². The minimum absolute atomic E-state index is 0.155. The van der Waals surface area contributed by atoms with Crippen molar-refractivity contribution >= 4 is 0 Å². The van der Waals surface area contributed by atoms with Crippen LogP contribution in [-0.2, 0) is 4.74 Å². The van der Waals surface area contributed by atoms with E-state index in [2.05, 4.69) is 20.8 Å². The van der Waals surface area contributed by atoms with Gasteiger partial charge in [0.2, 0.25) is 0 Å². The minimum atomic E-state index is -0.155. The summed E-state index contributed by atoms with van der Waals surface area (Å²) in [6, 6.07) is 0. The summed E-state index contributed by atoms with van der Waals surface area (Å²) < 4.78 is 5.62. The number of rotatable bonds is 5. The highest BCUT2D eigenvalue weighted by molar-refractivity contribution is 4.84. The average molecular weight is 200 g/mol. The summed E-state index contributed by atoms with van der Waals surface area (Å²) in [5, 5.41) is 10.2. The lowest BCUT2D eigenvalue weighted by Gasteiger charge is -2.28. The number of aliphatic hydroxyl groups is 1. The largest absolute Gasteiger partial charge is 0.392 e. The maximum absolute atomic E-state index is 10.2. The van der Waals surface area contributed by atoms with E-state index in [1.54, 1.807) is 0 Å². The highest BCUT2D eigenvalue weighted by Gasteiger charge is 2.35. The van der Waals surface area contributed by atoms with Crippen molar-refractivity contribution in [1.82, 2.24) is 0 Å². The van der Waals surface area contributed by atoms with Crippen molar-refractivity contribution in [3.63, 3.8) is 0 Å². The van der Waals surface area contributed by atoms with Crippen LogP contribution in [0.1, 0.15) is 46.5 Å². The number of aliphatic hydroxyl groups excluding tert-OH is 1. The van der Waals surface area contributed by atoms with Crippen molar-refractivity contribution in [2.24, 2.45) is 11.8 Å². The Kier molecular flexibility index (Phi) is 4.90. The van der Waals surface area contributed by atoms with Gasteiger partial charge < -0.3 is 9.84 Å². The van der Waals surface area contributed by atoms with Crippen molar-refractivity contribution in [3.05, 3.63) is 0 Å². The van der Waals surface area contributed by atoms with Gasteiger partial charge in [0.25, 0.3) is 0 Å². The Morgan fingerprint density at radius 3 is 2.43 bits per heavy atom. The molecule has 1 aliphatic heterocycles. The predicted octanol–water partition coefficient (Wildman–Crippen LogP) is 2.60. The predicted molar refractivity (Wildman–Crippen MR) is 58.2 cm³/mol. The fourth-order valence-electron chi connectivity index (χ4n) is 2.60. The number of ether oxygens (including phenoxy) is 1. The molecule has 1 rings (SSSR count). The van der Waals surface area contributed by atoms with Gasteiger partial charge in [-0.1, -0.05) is 33.6 Å². The molecule has 0 spiro atoms. The van der Waals surface area contributed by atoms with Crippen LogP contribution in [0.3, 0.4) is 0 Å². The van der Waals surface area contributed by atoms with Gasteiger partial charge >= 0.3 is 0 Å². The van der Waals surface area contributed by atoms with Crippen LogP contribution in [0.25, 0.3) is 0 Å². The minimum Gasteiger partial charge on any atom is -0.392 e. The molecule has 1 heterocycles. The second kappa shape index (κ2) is 5.72. The molecule has 1 N–H and O–H groups in total. The van der Waals surface area contributed by atoms with Crippen LogP contribution in [0.5, 0.6) is 0 Å². The molecule has 0 saturated carbocycles. The van der Waals surface area contributed by atoms with Gasteiger partial charge in [0.15, 0.2) is 0 Å². The first-order chi connectivity index (χ1) is 6.74. The molecule has 0 aliphatic carbocycles. The quantitative estimate of drug-likeness (QED) is 0.739. The molecule has 0 radical (unpaired) electrons. The van der Waals surface area contributed by atoms with Crippen molar-refractivity contribution in [2.45, 2.75) is 58.7 Å². The molecule has 3 unspecified atom stereocenters. The van der Waals surface area contributed by atoms with Gasteiger partial charge in [-0.3, -0.25) is 0 Å². The summed E-state index contributed by atoms with van der Waals surface area (Å²) in [7, 11) is 0. The molecule has 0 aromatic rings. The van der Waals surface area contributed by atoms with Gasteiger partial charge in [-0.25, -0.2) is 0 Å². The lowest BCUT2D eigenvalue weighted by molar-refractivity contribution is -0.0000243. The summed E-state index contributed by atoms with van der Waals surface area (Å²) >= 11 is 0. The average Bonchev–Trinajstić information content (AvgIpc) is 2.67. The van der Waals surface area contributed by atoms with Gasteiger partial charge in [0.1, 0.15) is 0 Å². The third-order valence-electron chi connectivity index (χ3n) is 3.63. The summed E-state index contributed by atoms with van der Waals surface area (Å²) in [4.78, 5) is 0. The number of hydrogen-bond donors (Lipinski definition) is 1. The molecule has 84 valence electrons. The van der Waals surface area contributed by atoms with E-state index in [-0.39, 0.29) is 6.10 Å². The molecule has 0 amide bonds. The van der Waals surface area contributed by atoms with E-state index in [0.29, 0.717) is 17.9 Å². The van der Waals surface area contributed by atoms with E-state index < -0.39 is 0 Å². The summed E-state index contributed by atoms with van der Waals surface area (Å²) in [5.74, 6) is 0.834. The first kappa shape index (κ1) is 12.0. The van der Waals surface area contributed by atoms with Crippen molar-refractivity contribution in [3.8, 4) is 0 Å². The van der Waals surface area contributed by atoms with E-state index in [9.17, 15) is 5.11 Å². The second-order valence-corrected chi connectivity index (χ2v) is 4.34. The maximum atomic E-state index is 10.2. The van der Waals surface area contributed by atoms with Gasteiger partial charge in [-0.2, -0.15) is 0 Å². The molecular formula is C12H24O2. The van der Waals surface area contributed by atoms with Gasteiger partial charge in [-0.05, 0) is 18.8 Å². The summed E-state index contributed by atoms with van der Waals surface area (Å²) in [5.41, 5.74) is 0. The lowest BCUT2D eigenvalue weighted by Crippen LogP contribution is -2.33. The molecule has 0 bridgehead atoms. The topological polar surface area (TPSA) is 29.5 Å². The zero-order chi connectivity index (χ0) is 10.6. The molecule has 14 heavy (non-hydrogen) atoms. The third kappa shape index (κ3) is 2.48. The third-order valence-corrected chi connectivity index (χ3v) is 3.63. The first-order valence-corrected chi connectivity index (χ1v) is 6.04. The standard InChI is InChI=1S/C12H24O2/c1-4-9(5-2)12(13)10-7-8-14-11(10)6-3/h9-13H,4-8H2,1-3H3. The summed E-state index contributed by atoms with van der Waals surface area (Å²) in [6.07, 6.45) is 4.36. The molecule has 2 nitrogen and oxygen atoms in total. The Labute approximate surface area is 87.7 Å². The van der Waals surface area contributed by atoms with Crippen LogP contribution >= 0.6 is 0 Å². The smallest absolute Gasteiger partial charge is 0.0626 e. The van der Waals surface area contributed by atoms with Gasteiger partial charge in [0, 0.05) is 12.5 Å². The second-order valence-electron chi connectivity index (χ2n) is 4.34. The summed E-state index contributed by atoms with van der Waals surface area (Å²) in [6.45, 7) is 7.30. The van der Waals surface area contributed by atoms with Crippen LogP contribution in [-0.4, -0.2) is 23.9 Å². The molecule has 1 saturated heterocycles. The van der Waals surface area contributed by atoms with E-state index in [1.165, 1.54) is 0 Å². The van der Waals surface area contributed by atoms with Crippen LogP contribution in [0.2, 0.25) is 0 Å². The normalized spacial score (nSPS) is 29.8. The van der Waals surface area contributed by atoms with Gasteiger partial charge in [0.05, 0.1) is 12.2 Å². The Balaban J connectivity index is 2.53. The zero-order valence-electron chi connectivity index (χ0n) is 9.70. The molecule has 0 aromatic heterocycles. The molecular weight excluding hydrogens is 176 g/mol. The highest BCUT2D eigenvalue weighted by Crippen LogP contribution is 2.31. The Morgan fingerprint density at radius 2 is 1.93 bits per heavy atom. The zero-order valence-corrected chi connectivity index (χ0v) is 9.70. The van der Waals surface area contributed by atoms with E-state index in [0.717, 1.165) is 32.3 Å². The van der Waals surface area contributed by atoms with Gasteiger partial charge in [-0.15, -0.1) is 0 Å².